The number of carbonyl (C=O) groups is 1. The zero-order valence-electron chi connectivity index (χ0n) is 14.9. The zero-order valence-corrected chi connectivity index (χ0v) is 14.9. The largest absolute Gasteiger partial charge is 0.369 e. The minimum absolute atomic E-state index is 0.0166. The van der Waals surface area contributed by atoms with Crippen LogP contribution in [0.5, 0.6) is 0 Å². The van der Waals surface area contributed by atoms with Gasteiger partial charge in [-0.05, 0) is 57.4 Å². The summed E-state index contributed by atoms with van der Waals surface area (Å²) in [6.07, 6.45) is 2.23. The monoisotopic (exact) mass is 345 g/mol. The van der Waals surface area contributed by atoms with E-state index in [0.717, 1.165) is 48.4 Å². The van der Waals surface area contributed by atoms with Gasteiger partial charge in [0.2, 0.25) is 5.91 Å². The van der Waals surface area contributed by atoms with Gasteiger partial charge in [0, 0.05) is 30.4 Å². The van der Waals surface area contributed by atoms with Crippen molar-refractivity contribution in [3.8, 4) is 0 Å². The molecule has 1 aromatic carbocycles. The number of aromatic nitrogens is 1. The second kappa shape index (κ2) is 7.25. The number of anilines is 1. The summed E-state index contributed by atoms with van der Waals surface area (Å²) in [5.74, 6) is 0.458. The van der Waals surface area contributed by atoms with E-state index in [1.54, 1.807) is 6.07 Å². The number of hydrogen-bond acceptors (Lipinski definition) is 4. The average Bonchev–Trinajstić information content (AvgIpc) is 2.87. The molecule has 1 unspecified atom stereocenters. The van der Waals surface area contributed by atoms with Gasteiger partial charge in [-0.3, -0.25) is 4.79 Å². The number of hydrogen-bond donors (Lipinski definition) is 1. The van der Waals surface area contributed by atoms with E-state index in [-0.39, 0.29) is 24.2 Å². The summed E-state index contributed by atoms with van der Waals surface area (Å²) in [4.78, 5) is 14.6. The molecule has 2 aromatic rings. The van der Waals surface area contributed by atoms with E-state index in [4.69, 9.17) is 4.52 Å². The number of piperidine rings is 1. The Morgan fingerprint density at radius 2 is 2.20 bits per heavy atom. The Hall–Kier alpha value is -2.37. The third-order valence-corrected chi connectivity index (χ3v) is 4.80. The molecule has 1 aliphatic rings. The molecule has 134 valence electrons. The van der Waals surface area contributed by atoms with Crippen LogP contribution < -0.4 is 10.2 Å². The van der Waals surface area contributed by atoms with E-state index >= 15 is 0 Å². The Kier molecular flexibility index (Phi) is 5.06. The van der Waals surface area contributed by atoms with Gasteiger partial charge < -0.3 is 14.7 Å². The first-order chi connectivity index (χ1) is 11.9. The first kappa shape index (κ1) is 17.5. The second-order valence-electron chi connectivity index (χ2n) is 6.76. The van der Waals surface area contributed by atoms with Crippen molar-refractivity contribution in [2.45, 2.75) is 46.1 Å². The fourth-order valence-corrected chi connectivity index (χ4v) is 3.48. The lowest BCUT2D eigenvalue weighted by Crippen LogP contribution is -2.48. The van der Waals surface area contributed by atoms with E-state index in [2.05, 4.69) is 15.4 Å². The van der Waals surface area contributed by atoms with Crippen molar-refractivity contribution in [3.63, 3.8) is 0 Å². The Morgan fingerprint density at radius 1 is 1.40 bits per heavy atom. The first-order valence-electron chi connectivity index (χ1n) is 8.66. The predicted octanol–water partition coefficient (Wildman–Crippen LogP) is 3.07. The maximum absolute atomic E-state index is 13.3. The lowest BCUT2D eigenvalue weighted by atomic mass is 10.0. The Labute approximate surface area is 147 Å². The highest BCUT2D eigenvalue weighted by atomic mass is 19.1. The van der Waals surface area contributed by atoms with Crippen molar-refractivity contribution in [1.82, 2.24) is 10.5 Å². The van der Waals surface area contributed by atoms with Crippen LogP contribution in [0, 0.1) is 26.6 Å². The summed E-state index contributed by atoms with van der Waals surface area (Å²) in [5.41, 5.74) is 3.58. The fraction of sp³-hybridized carbons (Fsp3) is 0.474. The number of nitrogens with one attached hydrogen (secondary N) is 1. The fourth-order valence-electron chi connectivity index (χ4n) is 3.48. The molecular formula is C19H24FN3O2. The molecule has 6 heteroatoms. The van der Waals surface area contributed by atoms with Gasteiger partial charge in [0.15, 0.2) is 0 Å². The number of amides is 1. The molecular weight excluding hydrogens is 321 g/mol. The molecule has 1 atom stereocenters. The van der Waals surface area contributed by atoms with E-state index < -0.39 is 0 Å². The van der Waals surface area contributed by atoms with E-state index in [1.165, 1.54) is 6.07 Å². The molecule has 1 aromatic heterocycles. The number of carbonyl (C=O) groups excluding carboxylic acids is 1. The highest BCUT2D eigenvalue weighted by molar-refractivity contribution is 5.79. The molecule has 2 heterocycles. The molecule has 3 rings (SSSR count). The summed E-state index contributed by atoms with van der Waals surface area (Å²) in [6.45, 7) is 7.24. The number of rotatable bonds is 4. The molecule has 1 amide bonds. The maximum atomic E-state index is 13.3. The maximum Gasteiger partial charge on any atom is 0.224 e. The van der Waals surface area contributed by atoms with Crippen molar-refractivity contribution in [2.75, 3.05) is 18.0 Å². The molecule has 1 aliphatic heterocycles. The van der Waals surface area contributed by atoms with E-state index in [0.29, 0.717) is 5.76 Å². The number of benzene rings is 1. The summed E-state index contributed by atoms with van der Waals surface area (Å²) in [6, 6.07) is 4.95. The summed E-state index contributed by atoms with van der Waals surface area (Å²) < 4.78 is 18.4. The van der Waals surface area contributed by atoms with Crippen LogP contribution in [-0.2, 0) is 11.2 Å². The zero-order chi connectivity index (χ0) is 18.0. The SMILES string of the molecule is Cc1cc(F)ccc1N1CCCC(NC(=O)Cc2c(C)noc2C)C1. The highest BCUT2D eigenvalue weighted by Gasteiger charge is 2.23. The lowest BCUT2D eigenvalue weighted by molar-refractivity contribution is -0.121. The van der Waals surface area contributed by atoms with Crippen LogP contribution in [0.15, 0.2) is 22.7 Å². The molecule has 0 saturated carbocycles. The minimum atomic E-state index is -0.220. The number of nitrogens with zero attached hydrogens (tertiary/aromatic N) is 2. The van der Waals surface area contributed by atoms with Crippen LogP contribution in [0.4, 0.5) is 10.1 Å². The average molecular weight is 345 g/mol. The molecule has 0 bridgehead atoms. The molecule has 0 spiro atoms. The van der Waals surface area contributed by atoms with Gasteiger partial charge in [-0.15, -0.1) is 0 Å². The summed E-state index contributed by atoms with van der Waals surface area (Å²) in [7, 11) is 0. The van der Waals surface area contributed by atoms with Crippen molar-refractivity contribution >= 4 is 11.6 Å². The van der Waals surface area contributed by atoms with Crippen LogP contribution in [-0.4, -0.2) is 30.2 Å². The second-order valence-corrected chi connectivity index (χ2v) is 6.76. The molecule has 25 heavy (non-hydrogen) atoms. The van der Waals surface area contributed by atoms with Gasteiger partial charge in [0.05, 0.1) is 12.1 Å². The summed E-state index contributed by atoms with van der Waals surface area (Å²) in [5, 5.41) is 7.01. The van der Waals surface area contributed by atoms with Crippen molar-refractivity contribution in [1.29, 1.82) is 0 Å². The molecule has 1 fully saturated rings. The van der Waals surface area contributed by atoms with Gasteiger partial charge in [-0.1, -0.05) is 5.16 Å². The molecule has 1 N–H and O–H groups in total. The lowest BCUT2D eigenvalue weighted by Gasteiger charge is -2.35. The Bertz CT molecular complexity index is 753. The van der Waals surface area contributed by atoms with Crippen LogP contribution >= 0.6 is 0 Å². The van der Waals surface area contributed by atoms with Crippen LogP contribution in [0.3, 0.4) is 0 Å². The van der Waals surface area contributed by atoms with Gasteiger partial charge in [0.1, 0.15) is 11.6 Å². The normalized spacial score (nSPS) is 17.6. The third-order valence-electron chi connectivity index (χ3n) is 4.80. The van der Waals surface area contributed by atoms with E-state index in [9.17, 15) is 9.18 Å². The van der Waals surface area contributed by atoms with Crippen molar-refractivity contribution in [3.05, 3.63) is 46.6 Å². The van der Waals surface area contributed by atoms with Crippen molar-refractivity contribution in [2.24, 2.45) is 0 Å². The predicted molar refractivity (Wildman–Crippen MR) is 94.2 cm³/mol. The molecule has 0 radical (unpaired) electrons. The van der Waals surface area contributed by atoms with Crippen LogP contribution in [0.2, 0.25) is 0 Å². The smallest absolute Gasteiger partial charge is 0.224 e. The van der Waals surface area contributed by atoms with E-state index in [1.807, 2.05) is 26.8 Å². The Morgan fingerprint density at radius 3 is 2.88 bits per heavy atom. The van der Waals surface area contributed by atoms with Crippen LogP contribution in [0.25, 0.3) is 0 Å². The third kappa shape index (κ3) is 4.00. The standard InChI is InChI=1S/C19H24FN3O2/c1-12-9-15(20)6-7-18(12)23-8-4-5-16(11-23)21-19(24)10-17-13(2)22-25-14(17)3/h6-7,9,16H,4-5,8,10-11H2,1-3H3,(H,21,24). The highest BCUT2D eigenvalue weighted by Crippen LogP contribution is 2.24. The summed E-state index contributed by atoms with van der Waals surface area (Å²) >= 11 is 0. The van der Waals surface area contributed by atoms with Gasteiger partial charge in [-0.25, -0.2) is 4.39 Å². The number of aryl methyl sites for hydroxylation is 3. The molecule has 0 aliphatic carbocycles. The quantitative estimate of drug-likeness (QED) is 0.925. The topological polar surface area (TPSA) is 58.4 Å². The van der Waals surface area contributed by atoms with Gasteiger partial charge >= 0.3 is 0 Å². The first-order valence-corrected chi connectivity index (χ1v) is 8.66. The minimum Gasteiger partial charge on any atom is -0.369 e. The van der Waals surface area contributed by atoms with Gasteiger partial charge in [0.25, 0.3) is 0 Å². The van der Waals surface area contributed by atoms with Crippen molar-refractivity contribution < 1.29 is 13.7 Å². The molecule has 5 nitrogen and oxygen atoms in total. The van der Waals surface area contributed by atoms with Crippen LogP contribution in [0.1, 0.15) is 35.4 Å². The number of halogens is 1. The Balaban J connectivity index is 1.62. The van der Waals surface area contributed by atoms with Gasteiger partial charge in [-0.2, -0.15) is 0 Å². The molecule has 1 saturated heterocycles.